The second-order valence-corrected chi connectivity index (χ2v) is 6.71. The fourth-order valence-electron chi connectivity index (χ4n) is 3.24. The predicted molar refractivity (Wildman–Crippen MR) is 105 cm³/mol. The third kappa shape index (κ3) is 3.83. The van der Waals surface area contributed by atoms with Crippen molar-refractivity contribution in [3.05, 3.63) is 76.0 Å². The molecule has 0 aliphatic heterocycles. The number of nitro groups is 1. The van der Waals surface area contributed by atoms with Gasteiger partial charge in [-0.25, -0.2) is 0 Å². The molecule has 1 unspecified atom stereocenters. The third-order valence-electron chi connectivity index (χ3n) is 4.71. The van der Waals surface area contributed by atoms with Gasteiger partial charge in [0.2, 0.25) is 0 Å². The molecule has 1 heterocycles. The van der Waals surface area contributed by atoms with Crippen molar-refractivity contribution in [3.8, 4) is 0 Å². The highest BCUT2D eigenvalue weighted by Crippen LogP contribution is 2.28. The van der Waals surface area contributed by atoms with Gasteiger partial charge in [0.1, 0.15) is 0 Å². The largest absolute Gasteiger partial charge is 0.350 e. The molecule has 0 bridgehead atoms. The van der Waals surface area contributed by atoms with Crippen LogP contribution in [0.25, 0.3) is 10.9 Å². The molecule has 1 amide bonds. The molecule has 0 fully saturated rings. The molecule has 27 heavy (non-hydrogen) atoms. The summed E-state index contributed by atoms with van der Waals surface area (Å²) < 4.78 is 2.08. The third-order valence-corrected chi connectivity index (χ3v) is 4.71. The van der Waals surface area contributed by atoms with E-state index in [0.717, 1.165) is 16.5 Å². The Labute approximate surface area is 157 Å². The number of amides is 1. The minimum absolute atomic E-state index is 0.00176. The molecule has 7 nitrogen and oxygen atoms in total. The van der Waals surface area contributed by atoms with E-state index in [2.05, 4.69) is 33.1 Å². The predicted octanol–water partition coefficient (Wildman–Crippen LogP) is 3.12. The van der Waals surface area contributed by atoms with Gasteiger partial charge in [-0.1, -0.05) is 18.2 Å². The van der Waals surface area contributed by atoms with Crippen molar-refractivity contribution in [3.63, 3.8) is 0 Å². The number of nitro benzene ring substituents is 1. The van der Waals surface area contributed by atoms with Gasteiger partial charge in [-0.2, -0.15) is 0 Å². The number of nitrogens with one attached hydrogen (secondary N) is 1. The quantitative estimate of drug-likeness (QED) is 0.537. The average Bonchev–Trinajstić information content (AvgIpc) is 2.98. The molecule has 3 rings (SSSR count). The van der Waals surface area contributed by atoms with Crippen LogP contribution in [0.4, 0.5) is 5.69 Å². The van der Waals surface area contributed by atoms with E-state index in [1.165, 1.54) is 24.3 Å². The highest BCUT2D eigenvalue weighted by Gasteiger charge is 2.20. The number of hydrogen-bond donors (Lipinski definition) is 1. The summed E-state index contributed by atoms with van der Waals surface area (Å²) in [7, 11) is 5.96. The van der Waals surface area contributed by atoms with Crippen LogP contribution < -0.4 is 5.32 Å². The SMILES string of the molecule is CN(C)C(CNC(=O)c1ccc([N+](=O)[O-])cc1)c1cn(C)c2ccccc12. The van der Waals surface area contributed by atoms with Crippen molar-refractivity contribution in [1.82, 2.24) is 14.8 Å². The van der Waals surface area contributed by atoms with E-state index in [4.69, 9.17) is 0 Å². The lowest BCUT2D eigenvalue weighted by molar-refractivity contribution is -0.384. The maximum Gasteiger partial charge on any atom is 0.269 e. The summed E-state index contributed by atoms with van der Waals surface area (Å²) in [4.78, 5) is 24.8. The maximum atomic E-state index is 12.4. The lowest BCUT2D eigenvalue weighted by atomic mass is 10.0. The number of benzene rings is 2. The molecule has 0 saturated heterocycles. The molecule has 0 saturated carbocycles. The Hall–Kier alpha value is -3.19. The molecule has 1 N–H and O–H groups in total. The van der Waals surface area contributed by atoms with E-state index in [-0.39, 0.29) is 17.6 Å². The fraction of sp³-hybridized carbons (Fsp3) is 0.250. The van der Waals surface area contributed by atoms with Crippen LogP contribution in [0.3, 0.4) is 0 Å². The van der Waals surface area contributed by atoms with Gasteiger partial charge in [0.15, 0.2) is 0 Å². The van der Waals surface area contributed by atoms with E-state index in [9.17, 15) is 14.9 Å². The summed E-state index contributed by atoms with van der Waals surface area (Å²) in [5.41, 5.74) is 2.65. The number of nitrogens with zero attached hydrogens (tertiary/aromatic N) is 3. The van der Waals surface area contributed by atoms with Gasteiger partial charge in [-0.05, 0) is 37.9 Å². The van der Waals surface area contributed by atoms with E-state index in [0.29, 0.717) is 12.1 Å². The lowest BCUT2D eigenvalue weighted by Gasteiger charge is -2.24. The number of rotatable bonds is 6. The Balaban J connectivity index is 1.79. The number of fused-ring (bicyclic) bond motifs is 1. The van der Waals surface area contributed by atoms with Crippen LogP contribution in [-0.4, -0.2) is 40.9 Å². The first-order valence-electron chi connectivity index (χ1n) is 8.61. The Morgan fingerprint density at radius 3 is 2.48 bits per heavy atom. The molecule has 0 aliphatic carbocycles. The minimum atomic E-state index is -0.482. The molecule has 1 aromatic heterocycles. The second kappa shape index (κ2) is 7.59. The zero-order valence-corrected chi connectivity index (χ0v) is 15.5. The van der Waals surface area contributed by atoms with Crippen molar-refractivity contribution >= 4 is 22.5 Å². The van der Waals surface area contributed by atoms with Gasteiger partial charge in [0, 0.05) is 48.4 Å². The van der Waals surface area contributed by atoms with Gasteiger partial charge in [-0.15, -0.1) is 0 Å². The monoisotopic (exact) mass is 366 g/mol. The smallest absolute Gasteiger partial charge is 0.269 e. The highest BCUT2D eigenvalue weighted by atomic mass is 16.6. The maximum absolute atomic E-state index is 12.4. The Morgan fingerprint density at radius 1 is 1.19 bits per heavy atom. The zero-order chi connectivity index (χ0) is 19.6. The molecule has 0 aliphatic rings. The summed E-state index contributed by atoms with van der Waals surface area (Å²) in [6.45, 7) is 0.427. The standard InChI is InChI=1S/C20H22N4O3/c1-22(2)19(17-13-23(3)18-7-5-4-6-16(17)18)12-21-20(25)14-8-10-15(11-9-14)24(26)27/h4-11,13,19H,12H2,1-3H3,(H,21,25). The van der Waals surface area contributed by atoms with Crippen molar-refractivity contribution in [2.75, 3.05) is 20.6 Å². The summed E-state index contributed by atoms with van der Waals surface area (Å²) in [5.74, 6) is -0.253. The van der Waals surface area contributed by atoms with Crippen LogP contribution in [0, 0.1) is 10.1 Å². The van der Waals surface area contributed by atoms with Crippen LogP contribution in [0.1, 0.15) is 22.0 Å². The molecule has 2 aromatic carbocycles. The molecule has 0 spiro atoms. The van der Waals surface area contributed by atoms with Crippen LogP contribution in [0.5, 0.6) is 0 Å². The number of aromatic nitrogens is 1. The molecular formula is C20H22N4O3. The van der Waals surface area contributed by atoms with Crippen molar-refractivity contribution in [2.45, 2.75) is 6.04 Å². The van der Waals surface area contributed by atoms with E-state index < -0.39 is 4.92 Å². The van der Waals surface area contributed by atoms with Crippen molar-refractivity contribution in [2.24, 2.45) is 7.05 Å². The average molecular weight is 366 g/mol. The van der Waals surface area contributed by atoms with Crippen LogP contribution in [0.15, 0.2) is 54.7 Å². The number of carbonyl (C=O) groups is 1. The number of carbonyl (C=O) groups excluding carboxylic acids is 1. The van der Waals surface area contributed by atoms with Gasteiger partial charge >= 0.3 is 0 Å². The summed E-state index contributed by atoms with van der Waals surface area (Å²) >= 11 is 0. The van der Waals surface area contributed by atoms with Crippen LogP contribution in [0.2, 0.25) is 0 Å². The number of non-ortho nitro benzene ring substituents is 1. The Bertz CT molecular complexity index is 977. The fourth-order valence-corrected chi connectivity index (χ4v) is 3.24. The first kappa shape index (κ1) is 18.6. The van der Waals surface area contributed by atoms with Crippen molar-refractivity contribution < 1.29 is 9.72 Å². The molecule has 3 aromatic rings. The highest BCUT2D eigenvalue weighted by molar-refractivity contribution is 5.94. The minimum Gasteiger partial charge on any atom is -0.350 e. The Kier molecular flexibility index (Phi) is 5.23. The number of aryl methyl sites for hydroxylation is 1. The van der Waals surface area contributed by atoms with Gasteiger partial charge in [-0.3, -0.25) is 14.9 Å². The van der Waals surface area contributed by atoms with Crippen molar-refractivity contribution in [1.29, 1.82) is 0 Å². The van der Waals surface area contributed by atoms with E-state index in [1.54, 1.807) is 0 Å². The van der Waals surface area contributed by atoms with Gasteiger partial charge < -0.3 is 14.8 Å². The summed E-state index contributed by atoms with van der Waals surface area (Å²) in [5, 5.41) is 14.8. The second-order valence-electron chi connectivity index (χ2n) is 6.71. The topological polar surface area (TPSA) is 80.4 Å². The molecule has 7 heteroatoms. The zero-order valence-electron chi connectivity index (χ0n) is 15.5. The molecular weight excluding hydrogens is 344 g/mol. The van der Waals surface area contributed by atoms with Gasteiger partial charge in [0.05, 0.1) is 11.0 Å². The normalized spacial score (nSPS) is 12.3. The number of para-hydroxylation sites is 1. The Morgan fingerprint density at radius 2 is 1.85 bits per heavy atom. The molecule has 140 valence electrons. The van der Waals surface area contributed by atoms with E-state index in [1.807, 2.05) is 33.3 Å². The lowest BCUT2D eigenvalue weighted by Crippen LogP contribution is -2.34. The number of hydrogen-bond acceptors (Lipinski definition) is 4. The van der Waals surface area contributed by atoms with E-state index >= 15 is 0 Å². The van der Waals surface area contributed by atoms with Crippen LogP contribution in [-0.2, 0) is 7.05 Å². The molecule has 1 atom stereocenters. The first-order valence-corrected chi connectivity index (χ1v) is 8.61. The van der Waals surface area contributed by atoms with Gasteiger partial charge in [0.25, 0.3) is 11.6 Å². The van der Waals surface area contributed by atoms with Crippen LogP contribution >= 0.6 is 0 Å². The first-order chi connectivity index (χ1) is 12.9. The summed E-state index contributed by atoms with van der Waals surface area (Å²) in [6, 6.07) is 13.8. The molecule has 0 radical (unpaired) electrons. The summed E-state index contributed by atoms with van der Waals surface area (Å²) in [6.07, 6.45) is 2.09. The number of likely N-dealkylation sites (N-methyl/N-ethyl adjacent to an activating group) is 1.